The van der Waals surface area contributed by atoms with E-state index in [4.69, 9.17) is 4.74 Å². The first-order chi connectivity index (χ1) is 17.0. The van der Waals surface area contributed by atoms with Crippen LogP contribution in [0.15, 0.2) is 42.6 Å². The number of hydrogen-bond acceptors (Lipinski definition) is 6. The van der Waals surface area contributed by atoms with E-state index in [2.05, 4.69) is 34.1 Å². The van der Waals surface area contributed by atoms with Gasteiger partial charge in [-0.3, -0.25) is 9.59 Å². The Morgan fingerprint density at radius 2 is 1.91 bits per heavy atom. The maximum atomic E-state index is 13.6. The van der Waals surface area contributed by atoms with Crippen LogP contribution in [0.5, 0.6) is 5.75 Å². The minimum Gasteiger partial charge on any atom is -0.496 e. The Bertz CT molecular complexity index is 1000. The van der Waals surface area contributed by atoms with Crippen molar-refractivity contribution in [3.63, 3.8) is 0 Å². The first kappa shape index (κ1) is 25.0. The number of hydrogen-bond donors (Lipinski definition) is 1. The lowest BCUT2D eigenvalue weighted by atomic mass is 9.83. The van der Waals surface area contributed by atoms with Gasteiger partial charge in [-0.05, 0) is 38.1 Å². The Hall–Kier alpha value is -3.13. The van der Waals surface area contributed by atoms with E-state index in [0.29, 0.717) is 30.8 Å². The first-order valence-electron chi connectivity index (χ1n) is 12.6. The molecule has 0 bridgehead atoms. The van der Waals surface area contributed by atoms with Crippen LogP contribution in [0.1, 0.15) is 44.2 Å². The second-order valence-electron chi connectivity index (χ2n) is 9.46. The molecule has 8 heteroatoms. The molecular weight excluding hydrogens is 442 g/mol. The molecule has 35 heavy (non-hydrogen) atoms. The number of rotatable bonds is 8. The molecule has 188 valence electrons. The van der Waals surface area contributed by atoms with Gasteiger partial charge in [0.05, 0.1) is 31.0 Å². The molecule has 2 aliphatic heterocycles. The largest absolute Gasteiger partial charge is 0.496 e. The SMILES string of the molecule is CCCCN1C(=O)CCC(C(=O)Nc2ccc(N3CCN(C)CC3)nc2)C1c1ccccc1OC. The highest BCUT2D eigenvalue weighted by molar-refractivity contribution is 5.94. The summed E-state index contributed by atoms with van der Waals surface area (Å²) in [6, 6.07) is 11.2. The molecule has 2 aromatic rings. The van der Waals surface area contributed by atoms with Crippen LogP contribution in [0.4, 0.5) is 11.5 Å². The third-order valence-electron chi connectivity index (χ3n) is 7.10. The number of para-hydroxylation sites is 1. The summed E-state index contributed by atoms with van der Waals surface area (Å²) in [5.74, 6) is 1.25. The summed E-state index contributed by atoms with van der Waals surface area (Å²) >= 11 is 0. The Morgan fingerprint density at radius 3 is 2.60 bits per heavy atom. The third kappa shape index (κ3) is 5.75. The predicted octanol–water partition coefficient (Wildman–Crippen LogP) is 3.56. The smallest absolute Gasteiger partial charge is 0.229 e. The number of ether oxygens (including phenoxy) is 1. The fourth-order valence-electron chi connectivity index (χ4n) is 5.03. The number of piperidine rings is 1. The summed E-state index contributed by atoms with van der Waals surface area (Å²) in [6.07, 6.45) is 4.47. The van der Waals surface area contributed by atoms with Crippen LogP contribution in [0.3, 0.4) is 0 Å². The van der Waals surface area contributed by atoms with Gasteiger partial charge in [0.2, 0.25) is 11.8 Å². The number of carbonyl (C=O) groups is 2. The summed E-state index contributed by atoms with van der Waals surface area (Å²) in [4.78, 5) is 37.6. The molecule has 0 radical (unpaired) electrons. The Morgan fingerprint density at radius 1 is 1.14 bits per heavy atom. The lowest BCUT2D eigenvalue weighted by Crippen LogP contribution is -2.47. The molecular formula is C27H37N5O3. The molecule has 0 saturated carbocycles. The first-order valence-corrected chi connectivity index (χ1v) is 12.6. The molecule has 0 aliphatic carbocycles. The van der Waals surface area contributed by atoms with Gasteiger partial charge in [0.1, 0.15) is 11.6 Å². The van der Waals surface area contributed by atoms with Gasteiger partial charge in [-0.2, -0.15) is 0 Å². The van der Waals surface area contributed by atoms with E-state index in [0.717, 1.165) is 50.4 Å². The molecule has 3 heterocycles. The monoisotopic (exact) mass is 479 g/mol. The zero-order valence-electron chi connectivity index (χ0n) is 21.1. The fraction of sp³-hybridized carbons (Fsp3) is 0.519. The number of nitrogens with zero attached hydrogens (tertiary/aromatic N) is 4. The van der Waals surface area contributed by atoms with Gasteiger partial charge in [-0.25, -0.2) is 4.98 Å². The van der Waals surface area contributed by atoms with E-state index >= 15 is 0 Å². The van der Waals surface area contributed by atoms with Gasteiger partial charge in [0.15, 0.2) is 0 Å². The number of methoxy groups -OCH3 is 1. The average Bonchev–Trinajstić information content (AvgIpc) is 2.88. The van der Waals surface area contributed by atoms with Crippen molar-refractivity contribution in [2.75, 3.05) is 57.1 Å². The standard InChI is InChI=1S/C27H37N5O3/c1-4-5-14-32-25(33)13-11-22(26(32)21-8-6-7-9-23(21)35-3)27(34)29-20-10-12-24(28-19-20)31-17-15-30(2)16-18-31/h6-10,12,19,22,26H,4-5,11,13-18H2,1-3H3,(H,29,34). The van der Waals surface area contributed by atoms with E-state index in [1.165, 1.54) is 0 Å². The molecule has 4 rings (SSSR count). The average molecular weight is 480 g/mol. The third-order valence-corrected chi connectivity index (χ3v) is 7.10. The van der Waals surface area contributed by atoms with Crippen LogP contribution in [-0.2, 0) is 9.59 Å². The lowest BCUT2D eigenvalue weighted by Gasteiger charge is -2.41. The molecule has 2 fully saturated rings. The van der Waals surface area contributed by atoms with E-state index in [1.54, 1.807) is 13.3 Å². The second kappa shape index (κ2) is 11.5. The zero-order chi connectivity index (χ0) is 24.8. The van der Waals surface area contributed by atoms with Gasteiger partial charge in [0, 0.05) is 44.7 Å². The Balaban J connectivity index is 1.54. The van der Waals surface area contributed by atoms with Crippen molar-refractivity contribution in [2.24, 2.45) is 5.92 Å². The number of piperazine rings is 1. The van der Waals surface area contributed by atoms with Crippen molar-refractivity contribution in [3.8, 4) is 5.75 Å². The van der Waals surface area contributed by atoms with Crippen molar-refractivity contribution in [1.82, 2.24) is 14.8 Å². The number of likely N-dealkylation sites (N-methyl/N-ethyl adjacent to an activating group) is 1. The van der Waals surface area contributed by atoms with Crippen LogP contribution in [-0.4, -0.2) is 73.5 Å². The van der Waals surface area contributed by atoms with Crippen molar-refractivity contribution in [2.45, 2.75) is 38.6 Å². The maximum absolute atomic E-state index is 13.6. The fourth-order valence-corrected chi connectivity index (χ4v) is 5.03. The molecule has 2 saturated heterocycles. The number of aromatic nitrogens is 1. The van der Waals surface area contributed by atoms with Crippen molar-refractivity contribution >= 4 is 23.3 Å². The van der Waals surface area contributed by atoms with Crippen molar-refractivity contribution in [1.29, 1.82) is 0 Å². The number of nitrogens with one attached hydrogen (secondary N) is 1. The Kier molecular flexibility index (Phi) is 8.23. The minimum absolute atomic E-state index is 0.0935. The van der Waals surface area contributed by atoms with E-state index < -0.39 is 0 Å². The van der Waals surface area contributed by atoms with Crippen molar-refractivity contribution < 1.29 is 14.3 Å². The maximum Gasteiger partial charge on any atom is 0.229 e. The number of benzene rings is 1. The van der Waals surface area contributed by atoms with Gasteiger partial charge in [0.25, 0.3) is 0 Å². The second-order valence-corrected chi connectivity index (χ2v) is 9.46. The molecule has 8 nitrogen and oxygen atoms in total. The molecule has 0 spiro atoms. The number of carbonyl (C=O) groups excluding carboxylic acids is 2. The summed E-state index contributed by atoms with van der Waals surface area (Å²) in [5, 5.41) is 3.07. The van der Waals surface area contributed by atoms with Gasteiger partial charge in [-0.1, -0.05) is 31.5 Å². The molecule has 1 aromatic heterocycles. The highest BCUT2D eigenvalue weighted by Crippen LogP contribution is 2.41. The highest BCUT2D eigenvalue weighted by atomic mass is 16.5. The molecule has 1 aromatic carbocycles. The summed E-state index contributed by atoms with van der Waals surface area (Å²) in [7, 11) is 3.76. The number of anilines is 2. The lowest BCUT2D eigenvalue weighted by molar-refractivity contribution is -0.142. The molecule has 1 N–H and O–H groups in total. The van der Waals surface area contributed by atoms with Gasteiger partial charge < -0.3 is 24.8 Å². The Labute approximate surface area is 208 Å². The van der Waals surface area contributed by atoms with Crippen LogP contribution < -0.4 is 15.0 Å². The predicted molar refractivity (Wildman–Crippen MR) is 138 cm³/mol. The number of amides is 2. The molecule has 2 atom stereocenters. The van der Waals surface area contributed by atoms with Crippen molar-refractivity contribution in [3.05, 3.63) is 48.2 Å². The van der Waals surface area contributed by atoms with Gasteiger partial charge in [-0.15, -0.1) is 0 Å². The number of likely N-dealkylation sites (tertiary alicyclic amines) is 1. The quantitative estimate of drug-likeness (QED) is 0.624. The normalized spacial score (nSPS) is 21.2. The zero-order valence-corrected chi connectivity index (χ0v) is 21.1. The number of pyridine rings is 1. The topological polar surface area (TPSA) is 78.0 Å². The summed E-state index contributed by atoms with van der Waals surface area (Å²) in [6.45, 7) is 6.65. The van der Waals surface area contributed by atoms with E-state index in [-0.39, 0.29) is 23.8 Å². The summed E-state index contributed by atoms with van der Waals surface area (Å²) < 4.78 is 5.62. The van der Waals surface area contributed by atoms with Gasteiger partial charge >= 0.3 is 0 Å². The van der Waals surface area contributed by atoms with Crippen LogP contribution in [0.2, 0.25) is 0 Å². The van der Waals surface area contributed by atoms with Crippen LogP contribution >= 0.6 is 0 Å². The van der Waals surface area contributed by atoms with E-state index in [1.807, 2.05) is 41.3 Å². The number of unbranched alkanes of at least 4 members (excludes halogenated alkanes) is 1. The highest BCUT2D eigenvalue weighted by Gasteiger charge is 2.41. The van der Waals surface area contributed by atoms with E-state index in [9.17, 15) is 9.59 Å². The summed E-state index contributed by atoms with van der Waals surface area (Å²) in [5.41, 5.74) is 1.55. The molecule has 2 aliphatic rings. The molecule has 2 unspecified atom stereocenters. The van der Waals surface area contributed by atoms with Crippen LogP contribution in [0.25, 0.3) is 0 Å². The molecule has 2 amide bonds. The van der Waals surface area contributed by atoms with Crippen LogP contribution in [0, 0.1) is 5.92 Å². The minimum atomic E-state index is -0.377.